The average molecular weight is 516 g/mol. The lowest BCUT2D eigenvalue weighted by molar-refractivity contribution is -0.142. The highest BCUT2D eigenvalue weighted by molar-refractivity contribution is 6.01. The first-order chi connectivity index (χ1) is 17.9. The minimum Gasteiger partial charge on any atom is -0.493 e. The molecule has 1 amide bonds. The van der Waals surface area contributed by atoms with Crippen molar-refractivity contribution in [1.29, 1.82) is 0 Å². The highest BCUT2D eigenvalue weighted by atomic mass is 16.7. The third-order valence-corrected chi connectivity index (χ3v) is 6.58. The second-order valence-electron chi connectivity index (χ2n) is 8.65. The van der Waals surface area contributed by atoms with Crippen LogP contribution in [0.15, 0.2) is 30.3 Å². The van der Waals surface area contributed by atoms with Gasteiger partial charge in [-0.1, -0.05) is 6.07 Å². The minimum atomic E-state index is -1.06. The Balaban J connectivity index is 1.77. The van der Waals surface area contributed by atoms with Gasteiger partial charge in [-0.05, 0) is 55.7 Å². The van der Waals surface area contributed by atoms with Gasteiger partial charge in [0.2, 0.25) is 6.79 Å². The van der Waals surface area contributed by atoms with E-state index in [2.05, 4.69) is 0 Å². The summed E-state index contributed by atoms with van der Waals surface area (Å²) in [6.07, 6.45) is 0.702. The van der Waals surface area contributed by atoms with E-state index >= 15 is 0 Å². The number of carboxylic acids is 1. The summed E-state index contributed by atoms with van der Waals surface area (Å²) >= 11 is 0. The summed E-state index contributed by atoms with van der Waals surface area (Å²) in [6.45, 7) is 5.18. The number of carboxylic acid groups (broad SMARTS) is 1. The van der Waals surface area contributed by atoms with Crippen LogP contribution in [0.3, 0.4) is 0 Å². The van der Waals surface area contributed by atoms with Crippen molar-refractivity contribution in [3.05, 3.63) is 47.0 Å². The standard InChI is InChI=1S/C27H33NO9/c1-5-34-23(35-6-2)8-7-11-28-25(16-9-10-19-22(12-16)37-15-36-19)24(27(30)31)17-13-20(32-3)21(33-4)14-18(17)26(28)29/h9-10,12-14,23-25H,5-8,11,15H2,1-4H3,(H,30,31)/t24-,25-/m1/s1. The molecule has 0 fully saturated rings. The number of hydrogen-bond donors (Lipinski definition) is 1. The second kappa shape index (κ2) is 11.7. The average Bonchev–Trinajstić information content (AvgIpc) is 3.37. The summed E-state index contributed by atoms with van der Waals surface area (Å²) in [7, 11) is 2.94. The van der Waals surface area contributed by atoms with Crippen LogP contribution in [-0.4, -0.2) is 68.9 Å². The molecule has 2 aliphatic rings. The van der Waals surface area contributed by atoms with Crippen LogP contribution in [0.4, 0.5) is 0 Å². The largest absolute Gasteiger partial charge is 0.493 e. The Morgan fingerprint density at radius 2 is 1.73 bits per heavy atom. The molecule has 0 unspecified atom stereocenters. The zero-order valence-corrected chi connectivity index (χ0v) is 21.5. The lowest BCUT2D eigenvalue weighted by Crippen LogP contribution is -2.45. The van der Waals surface area contributed by atoms with Crippen molar-refractivity contribution >= 4 is 11.9 Å². The van der Waals surface area contributed by atoms with Crippen molar-refractivity contribution < 1.29 is 43.1 Å². The maximum Gasteiger partial charge on any atom is 0.313 e. The molecule has 2 aromatic carbocycles. The molecule has 0 aliphatic carbocycles. The fourth-order valence-corrected chi connectivity index (χ4v) is 4.96. The van der Waals surface area contributed by atoms with E-state index in [0.717, 1.165) is 0 Å². The molecule has 4 rings (SSSR count). The number of amides is 1. The predicted octanol–water partition coefficient (Wildman–Crippen LogP) is 3.98. The molecule has 0 spiro atoms. The van der Waals surface area contributed by atoms with Gasteiger partial charge >= 0.3 is 5.97 Å². The van der Waals surface area contributed by atoms with Gasteiger partial charge in [0.15, 0.2) is 29.3 Å². The molecular weight excluding hydrogens is 482 g/mol. The van der Waals surface area contributed by atoms with E-state index < -0.39 is 24.2 Å². The number of carbonyl (C=O) groups excluding carboxylic acids is 1. The maximum atomic E-state index is 13.9. The van der Waals surface area contributed by atoms with Gasteiger partial charge in [-0.2, -0.15) is 0 Å². The molecule has 2 heterocycles. The molecule has 2 atom stereocenters. The van der Waals surface area contributed by atoms with Gasteiger partial charge < -0.3 is 38.4 Å². The van der Waals surface area contributed by atoms with Gasteiger partial charge in [0, 0.05) is 31.7 Å². The number of methoxy groups -OCH3 is 2. The first-order valence-electron chi connectivity index (χ1n) is 12.4. The molecule has 10 nitrogen and oxygen atoms in total. The first-order valence-corrected chi connectivity index (χ1v) is 12.4. The van der Waals surface area contributed by atoms with E-state index in [0.29, 0.717) is 66.7 Å². The molecule has 0 bridgehead atoms. The van der Waals surface area contributed by atoms with Crippen molar-refractivity contribution in [2.45, 2.75) is 44.9 Å². The monoisotopic (exact) mass is 515 g/mol. The van der Waals surface area contributed by atoms with Crippen molar-refractivity contribution in [1.82, 2.24) is 4.90 Å². The van der Waals surface area contributed by atoms with E-state index in [1.165, 1.54) is 14.2 Å². The van der Waals surface area contributed by atoms with E-state index in [9.17, 15) is 14.7 Å². The number of aliphatic carboxylic acids is 1. The van der Waals surface area contributed by atoms with E-state index in [-0.39, 0.29) is 18.3 Å². The van der Waals surface area contributed by atoms with Crippen LogP contribution in [-0.2, 0) is 14.3 Å². The number of benzene rings is 2. The number of fused-ring (bicyclic) bond motifs is 2. The van der Waals surface area contributed by atoms with E-state index in [1.807, 2.05) is 13.8 Å². The van der Waals surface area contributed by atoms with E-state index in [4.69, 9.17) is 28.4 Å². The molecule has 1 N–H and O–H groups in total. The first kappa shape index (κ1) is 26.6. The molecule has 0 saturated heterocycles. The smallest absolute Gasteiger partial charge is 0.313 e. The molecule has 10 heteroatoms. The molecule has 2 aromatic rings. The normalized spacial score (nSPS) is 18.2. The predicted molar refractivity (Wildman–Crippen MR) is 133 cm³/mol. The Morgan fingerprint density at radius 3 is 2.38 bits per heavy atom. The van der Waals surface area contributed by atoms with Gasteiger partial charge in [0.05, 0.1) is 20.3 Å². The van der Waals surface area contributed by atoms with Crippen molar-refractivity contribution in [3.8, 4) is 23.0 Å². The Labute approximate surface area is 216 Å². The lowest BCUT2D eigenvalue weighted by Gasteiger charge is -2.41. The molecule has 0 radical (unpaired) electrons. The number of hydrogen-bond acceptors (Lipinski definition) is 8. The Hall–Kier alpha value is -3.50. The molecule has 0 aromatic heterocycles. The van der Waals surface area contributed by atoms with Crippen LogP contribution >= 0.6 is 0 Å². The fourth-order valence-electron chi connectivity index (χ4n) is 4.96. The molecule has 2 aliphatic heterocycles. The van der Waals surface area contributed by atoms with Gasteiger partial charge in [0.25, 0.3) is 5.91 Å². The summed E-state index contributed by atoms with van der Waals surface area (Å²) in [4.78, 5) is 28.3. The highest BCUT2D eigenvalue weighted by Gasteiger charge is 2.45. The van der Waals surface area contributed by atoms with Gasteiger partial charge in [-0.15, -0.1) is 0 Å². The summed E-state index contributed by atoms with van der Waals surface area (Å²) in [6, 6.07) is 7.62. The zero-order chi connectivity index (χ0) is 26.5. The second-order valence-corrected chi connectivity index (χ2v) is 8.65. The Bertz CT molecular complexity index is 1130. The van der Waals surface area contributed by atoms with Crippen molar-refractivity contribution in [2.24, 2.45) is 0 Å². The Kier molecular flexibility index (Phi) is 8.40. The lowest BCUT2D eigenvalue weighted by atomic mass is 9.79. The summed E-state index contributed by atoms with van der Waals surface area (Å²) in [5.41, 5.74) is 1.28. The summed E-state index contributed by atoms with van der Waals surface area (Å²) in [5.74, 6) is -0.604. The van der Waals surface area contributed by atoms with Crippen molar-refractivity contribution in [3.63, 3.8) is 0 Å². The molecule has 0 saturated carbocycles. The fraction of sp³-hybridized carbons (Fsp3) is 0.481. The zero-order valence-electron chi connectivity index (χ0n) is 21.5. The quantitative estimate of drug-likeness (QED) is 0.419. The van der Waals surface area contributed by atoms with Gasteiger partial charge in [-0.3, -0.25) is 9.59 Å². The SMILES string of the molecule is CCOC(CCCN1C(=O)c2cc(OC)c(OC)cc2[C@@H](C(=O)O)[C@H]1c1ccc2c(c1)OCO2)OCC. The summed E-state index contributed by atoms with van der Waals surface area (Å²) in [5, 5.41) is 10.5. The number of nitrogens with zero attached hydrogens (tertiary/aromatic N) is 1. The van der Waals surface area contributed by atoms with Crippen molar-refractivity contribution in [2.75, 3.05) is 40.8 Å². The van der Waals surface area contributed by atoms with Crippen LogP contribution < -0.4 is 18.9 Å². The van der Waals surface area contributed by atoms with Crippen LogP contribution in [0.25, 0.3) is 0 Å². The Morgan fingerprint density at radius 1 is 1.05 bits per heavy atom. The van der Waals surface area contributed by atoms with Crippen LogP contribution in [0.1, 0.15) is 60.1 Å². The third kappa shape index (κ3) is 5.30. The highest BCUT2D eigenvalue weighted by Crippen LogP contribution is 2.48. The van der Waals surface area contributed by atoms with Gasteiger partial charge in [-0.25, -0.2) is 0 Å². The third-order valence-electron chi connectivity index (χ3n) is 6.58. The molecule has 200 valence electrons. The number of ether oxygens (including phenoxy) is 6. The number of rotatable bonds is 12. The van der Waals surface area contributed by atoms with Crippen LogP contribution in [0.2, 0.25) is 0 Å². The van der Waals surface area contributed by atoms with Crippen LogP contribution in [0, 0.1) is 0 Å². The molecular formula is C27H33NO9. The van der Waals surface area contributed by atoms with E-state index in [1.54, 1.807) is 35.2 Å². The minimum absolute atomic E-state index is 0.0878. The number of carbonyl (C=O) groups is 2. The molecule has 37 heavy (non-hydrogen) atoms. The van der Waals surface area contributed by atoms with Gasteiger partial charge in [0.1, 0.15) is 5.92 Å². The maximum absolute atomic E-state index is 13.9. The van der Waals surface area contributed by atoms with Crippen LogP contribution in [0.5, 0.6) is 23.0 Å². The summed E-state index contributed by atoms with van der Waals surface area (Å²) < 4.78 is 33.1. The topological polar surface area (TPSA) is 113 Å².